The summed E-state index contributed by atoms with van der Waals surface area (Å²) in [5, 5.41) is 5.99. The molecule has 0 spiro atoms. The molecule has 1 atom stereocenters. The lowest BCUT2D eigenvalue weighted by Crippen LogP contribution is -2.36. The first-order valence-electron chi connectivity index (χ1n) is 9.61. The Hall–Kier alpha value is -2.73. The van der Waals surface area contributed by atoms with Crippen LogP contribution in [0.3, 0.4) is 0 Å². The van der Waals surface area contributed by atoms with Crippen molar-refractivity contribution >= 4 is 17.6 Å². The molecule has 6 heteroatoms. The molecule has 0 saturated carbocycles. The number of aliphatic imine (C=N–C) groups is 1. The molecule has 2 aromatic carbocycles. The van der Waals surface area contributed by atoms with Crippen molar-refractivity contribution in [1.82, 2.24) is 5.32 Å². The number of hydrogen-bond acceptors (Lipinski definition) is 3. The maximum Gasteiger partial charge on any atom is 0.257 e. The fourth-order valence-electron chi connectivity index (χ4n) is 2.98. The van der Waals surface area contributed by atoms with Gasteiger partial charge >= 0.3 is 0 Å². The molecule has 0 aliphatic carbocycles. The lowest BCUT2D eigenvalue weighted by Gasteiger charge is -2.15. The minimum atomic E-state index is -0.382. The number of ether oxygens (including phenoxy) is 1. The van der Waals surface area contributed by atoms with E-state index in [-0.39, 0.29) is 17.8 Å². The highest BCUT2D eigenvalue weighted by Gasteiger charge is 2.16. The van der Waals surface area contributed by atoms with Gasteiger partial charge in [0.1, 0.15) is 5.82 Å². The fraction of sp³-hybridized carbons (Fsp3) is 0.364. The third-order valence-corrected chi connectivity index (χ3v) is 4.63. The Morgan fingerprint density at radius 1 is 1.25 bits per heavy atom. The van der Waals surface area contributed by atoms with Crippen LogP contribution < -0.4 is 10.6 Å². The van der Waals surface area contributed by atoms with Gasteiger partial charge in [-0.1, -0.05) is 26.0 Å². The average molecular weight is 383 g/mol. The highest BCUT2D eigenvalue weighted by molar-refractivity contribution is 6.09. The first-order valence-corrected chi connectivity index (χ1v) is 9.61. The SMILES string of the molecule is CC(C)c1cccc(NC(=NCC2CCCO2)NC(=O)c2ccc(F)cc2)c1. The van der Waals surface area contributed by atoms with Crippen molar-refractivity contribution in [2.75, 3.05) is 18.5 Å². The summed E-state index contributed by atoms with van der Waals surface area (Å²) in [6, 6.07) is 13.4. The van der Waals surface area contributed by atoms with Gasteiger partial charge in [-0.3, -0.25) is 10.1 Å². The normalized spacial score (nSPS) is 17.0. The minimum absolute atomic E-state index is 0.0709. The molecule has 1 saturated heterocycles. The van der Waals surface area contributed by atoms with Crippen LogP contribution >= 0.6 is 0 Å². The Labute approximate surface area is 165 Å². The zero-order valence-corrected chi connectivity index (χ0v) is 16.2. The molecule has 2 aromatic rings. The largest absolute Gasteiger partial charge is 0.376 e. The molecule has 1 aliphatic rings. The number of nitrogens with zero attached hydrogens (tertiary/aromatic N) is 1. The lowest BCUT2D eigenvalue weighted by molar-refractivity contribution is 0.0975. The highest BCUT2D eigenvalue weighted by Crippen LogP contribution is 2.18. The summed E-state index contributed by atoms with van der Waals surface area (Å²) in [6.07, 6.45) is 2.06. The van der Waals surface area contributed by atoms with Crippen molar-refractivity contribution in [1.29, 1.82) is 0 Å². The average Bonchev–Trinajstić information content (AvgIpc) is 3.20. The first kappa shape index (κ1) is 20.0. The molecule has 1 fully saturated rings. The quantitative estimate of drug-likeness (QED) is 0.597. The molecule has 1 unspecified atom stereocenters. The van der Waals surface area contributed by atoms with Crippen LogP contribution in [0.25, 0.3) is 0 Å². The molecule has 5 nitrogen and oxygen atoms in total. The van der Waals surface area contributed by atoms with E-state index in [1.165, 1.54) is 29.8 Å². The van der Waals surface area contributed by atoms with Crippen LogP contribution in [0.1, 0.15) is 48.5 Å². The van der Waals surface area contributed by atoms with E-state index in [9.17, 15) is 9.18 Å². The standard InChI is InChI=1S/C22H26FN3O2/c1-15(2)17-5-3-6-19(13-17)25-22(24-14-20-7-4-12-28-20)26-21(27)16-8-10-18(23)11-9-16/h3,5-6,8-11,13,15,20H,4,7,12,14H2,1-2H3,(H2,24,25,26,27). The number of hydrogen-bond donors (Lipinski definition) is 2. The van der Waals surface area contributed by atoms with Gasteiger partial charge < -0.3 is 10.1 Å². The van der Waals surface area contributed by atoms with E-state index in [1.54, 1.807) is 0 Å². The molecule has 1 amide bonds. The fourth-order valence-corrected chi connectivity index (χ4v) is 2.98. The van der Waals surface area contributed by atoms with E-state index in [0.717, 1.165) is 25.1 Å². The summed E-state index contributed by atoms with van der Waals surface area (Å²) >= 11 is 0. The number of benzene rings is 2. The van der Waals surface area contributed by atoms with Crippen molar-refractivity contribution in [3.63, 3.8) is 0 Å². The Bertz CT molecular complexity index is 828. The zero-order valence-electron chi connectivity index (χ0n) is 16.2. The van der Waals surface area contributed by atoms with Crippen molar-refractivity contribution in [3.05, 3.63) is 65.5 Å². The number of guanidine groups is 1. The molecule has 28 heavy (non-hydrogen) atoms. The van der Waals surface area contributed by atoms with Crippen LogP contribution in [0.5, 0.6) is 0 Å². The summed E-state index contributed by atoms with van der Waals surface area (Å²) in [7, 11) is 0. The Balaban J connectivity index is 1.76. The molecule has 3 rings (SSSR count). The van der Waals surface area contributed by atoms with Crippen molar-refractivity contribution in [3.8, 4) is 0 Å². The summed E-state index contributed by atoms with van der Waals surface area (Å²) in [5.74, 6) is 0.0135. The summed E-state index contributed by atoms with van der Waals surface area (Å²) < 4.78 is 18.7. The van der Waals surface area contributed by atoms with Gasteiger partial charge in [0.15, 0.2) is 0 Å². The van der Waals surface area contributed by atoms with Gasteiger partial charge in [-0.25, -0.2) is 9.38 Å². The van der Waals surface area contributed by atoms with Crippen molar-refractivity contribution in [2.24, 2.45) is 4.99 Å². The number of rotatable bonds is 5. The number of halogens is 1. The molecule has 0 aromatic heterocycles. The Kier molecular flexibility index (Phi) is 6.76. The van der Waals surface area contributed by atoms with E-state index < -0.39 is 0 Å². The monoisotopic (exact) mass is 383 g/mol. The molecule has 1 heterocycles. The minimum Gasteiger partial charge on any atom is -0.376 e. The predicted octanol–water partition coefficient (Wildman–Crippen LogP) is 4.33. The maximum atomic E-state index is 13.1. The number of anilines is 1. The van der Waals surface area contributed by atoms with Crippen molar-refractivity contribution in [2.45, 2.75) is 38.7 Å². The second-order valence-corrected chi connectivity index (χ2v) is 7.19. The maximum absolute atomic E-state index is 13.1. The second-order valence-electron chi connectivity index (χ2n) is 7.19. The van der Waals surface area contributed by atoms with Crippen LogP contribution in [-0.4, -0.2) is 31.1 Å². The van der Waals surface area contributed by atoms with Crippen LogP contribution in [0.15, 0.2) is 53.5 Å². The third-order valence-electron chi connectivity index (χ3n) is 4.63. The molecule has 148 valence electrons. The van der Waals surface area contributed by atoms with Gasteiger partial charge in [0.25, 0.3) is 5.91 Å². The van der Waals surface area contributed by atoms with Gasteiger partial charge in [-0.2, -0.15) is 0 Å². The molecule has 0 radical (unpaired) electrons. The molecular weight excluding hydrogens is 357 g/mol. The van der Waals surface area contributed by atoms with Crippen LogP contribution in [0.4, 0.5) is 10.1 Å². The van der Waals surface area contributed by atoms with Crippen LogP contribution in [0, 0.1) is 5.82 Å². The topological polar surface area (TPSA) is 62.7 Å². The van der Waals surface area contributed by atoms with Crippen LogP contribution in [0.2, 0.25) is 0 Å². The van der Waals surface area contributed by atoms with E-state index in [2.05, 4.69) is 35.5 Å². The van der Waals surface area contributed by atoms with Gasteiger partial charge in [-0.15, -0.1) is 0 Å². The summed E-state index contributed by atoms with van der Waals surface area (Å²) in [6.45, 7) is 5.47. The molecule has 1 aliphatic heterocycles. The first-order chi connectivity index (χ1) is 13.5. The molecular formula is C22H26FN3O2. The number of nitrogens with one attached hydrogen (secondary N) is 2. The Morgan fingerprint density at radius 3 is 2.71 bits per heavy atom. The molecule has 0 bridgehead atoms. The van der Waals surface area contributed by atoms with Crippen molar-refractivity contribution < 1.29 is 13.9 Å². The van der Waals surface area contributed by atoms with Gasteiger partial charge in [-0.05, 0) is 60.7 Å². The van der Waals surface area contributed by atoms with Gasteiger partial charge in [0, 0.05) is 17.9 Å². The smallest absolute Gasteiger partial charge is 0.257 e. The zero-order chi connectivity index (χ0) is 19.9. The van der Waals surface area contributed by atoms with E-state index in [4.69, 9.17) is 4.74 Å². The summed E-state index contributed by atoms with van der Waals surface area (Å²) in [4.78, 5) is 17.1. The second kappa shape index (κ2) is 9.46. The predicted molar refractivity (Wildman–Crippen MR) is 109 cm³/mol. The van der Waals surface area contributed by atoms with E-state index >= 15 is 0 Å². The summed E-state index contributed by atoms with van der Waals surface area (Å²) in [5.41, 5.74) is 2.40. The highest BCUT2D eigenvalue weighted by atomic mass is 19.1. The number of carbonyl (C=O) groups is 1. The van der Waals surface area contributed by atoms with Gasteiger partial charge in [0.2, 0.25) is 5.96 Å². The number of amides is 1. The van der Waals surface area contributed by atoms with Gasteiger partial charge in [0.05, 0.1) is 12.6 Å². The lowest BCUT2D eigenvalue weighted by atomic mass is 10.0. The van der Waals surface area contributed by atoms with E-state index in [1.807, 2.05) is 18.2 Å². The molecule has 2 N–H and O–H groups in total. The Morgan fingerprint density at radius 2 is 2.04 bits per heavy atom. The van der Waals surface area contributed by atoms with Crippen LogP contribution in [-0.2, 0) is 4.74 Å². The third kappa shape index (κ3) is 5.63. The number of carbonyl (C=O) groups excluding carboxylic acids is 1. The van der Waals surface area contributed by atoms with E-state index in [0.29, 0.717) is 24.0 Å².